The topological polar surface area (TPSA) is 82.5 Å². The highest BCUT2D eigenvalue weighted by Crippen LogP contribution is 2.30. The van der Waals surface area contributed by atoms with E-state index in [0.29, 0.717) is 33.2 Å². The van der Waals surface area contributed by atoms with E-state index in [1.165, 1.54) is 18.8 Å². The molecular weight excluding hydrogens is 430 g/mol. The second kappa shape index (κ2) is 9.11. The molecule has 0 saturated carbocycles. The number of methoxy groups -OCH3 is 2. The van der Waals surface area contributed by atoms with Crippen LogP contribution >= 0.6 is 11.6 Å². The fourth-order valence-electron chi connectivity index (χ4n) is 3.40. The normalized spacial score (nSPS) is 10.7. The summed E-state index contributed by atoms with van der Waals surface area (Å²) in [6.45, 7) is 0.251. The molecule has 2 aromatic heterocycles. The van der Waals surface area contributed by atoms with E-state index in [0.717, 1.165) is 5.56 Å². The van der Waals surface area contributed by atoms with Crippen LogP contribution in [-0.4, -0.2) is 29.7 Å². The number of fused-ring (bicyclic) bond motifs is 1. The molecule has 0 atom stereocenters. The van der Waals surface area contributed by atoms with E-state index in [9.17, 15) is 9.59 Å². The van der Waals surface area contributed by atoms with E-state index < -0.39 is 11.5 Å². The average molecular weight is 450 g/mol. The van der Waals surface area contributed by atoms with E-state index in [2.05, 4.69) is 10.3 Å². The molecule has 7 nitrogen and oxygen atoms in total. The maximum Gasteiger partial charge on any atom is 0.265 e. The van der Waals surface area contributed by atoms with Crippen molar-refractivity contribution in [3.63, 3.8) is 0 Å². The smallest absolute Gasteiger partial charge is 0.265 e. The lowest BCUT2D eigenvalue weighted by Gasteiger charge is -2.13. The molecule has 0 aliphatic heterocycles. The minimum absolute atomic E-state index is 0.00856. The minimum atomic E-state index is -0.530. The van der Waals surface area contributed by atoms with Crippen molar-refractivity contribution in [1.82, 2.24) is 9.55 Å². The summed E-state index contributed by atoms with van der Waals surface area (Å²) in [6, 6.07) is 17.3. The van der Waals surface area contributed by atoms with Gasteiger partial charge in [0.15, 0.2) is 11.5 Å². The third-order valence-electron chi connectivity index (χ3n) is 4.99. The standard InChI is InChI=1S/C24H20ClN3O4/c1-31-20-10-9-18(13-21(20)32-2)27-23(29)19-12-16-4-3-11-26-22(16)28(24(19)30)14-15-5-7-17(25)8-6-15/h3-13H,14H2,1-2H3,(H,27,29). The van der Waals surface area contributed by atoms with Crippen LogP contribution in [-0.2, 0) is 6.54 Å². The molecular formula is C24H20ClN3O4. The van der Waals surface area contributed by atoms with Gasteiger partial charge in [0.1, 0.15) is 11.2 Å². The van der Waals surface area contributed by atoms with Gasteiger partial charge in [0.05, 0.1) is 20.8 Å². The van der Waals surface area contributed by atoms with Crippen LogP contribution in [0.4, 0.5) is 5.69 Å². The fraction of sp³-hybridized carbons (Fsp3) is 0.125. The van der Waals surface area contributed by atoms with Crippen molar-refractivity contribution in [3.05, 3.63) is 93.4 Å². The van der Waals surface area contributed by atoms with Crippen molar-refractivity contribution in [1.29, 1.82) is 0 Å². The number of nitrogens with zero attached hydrogens (tertiary/aromatic N) is 2. The summed E-state index contributed by atoms with van der Waals surface area (Å²) in [5.74, 6) is 0.471. The lowest BCUT2D eigenvalue weighted by molar-refractivity contribution is 0.102. The van der Waals surface area contributed by atoms with Gasteiger partial charge in [-0.25, -0.2) is 4.98 Å². The Morgan fingerprint density at radius 2 is 1.78 bits per heavy atom. The molecule has 32 heavy (non-hydrogen) atoms. The molecule has 0 fully saturated rings. The molecule has 2 heterocycles. The number of nitrogens with one attached hydrogen (secondary N) is 1. The Morgan fingerprint density at radius 1 is 1.03 bits per heavy atom. The summed E-state index contributed by atoms with van der Waals surface area (Å²) in [6.07, 6.45) is 1.61. The maximum absolute atomic E-state index is 13.3. The Morgan fingerprint density at radius 3 is 2.50 bits per heavy atom. The number of hydrogen-bond donors (Lipinski definition) is 1. The molecule has 1 amide bonds. The first kappa shape index (κ1) is 21.4. The van der Waals surface area contributed by atoms with Gasteiger partial charge < -0.3 is 14.8 Å². The number of carbonyl (C=O) groups is 1. The lowest BCUT2D eigenvalue weighted by Crippen LogP contribution is -2.30. The Hall–Kier alpha value is -3.84. The van der Waals surface area contributed by atoms with Gasteiger partial charge in [0.2, 0.25) is 0 Å². The Labute approximate surface area is 189 Å². The third kappa shape index (κ3) is 4.29. The van der Waals surface area contributed by atoms with Gasteiger partial charge in [-0.05, 0) is 48.0 Å². The zero-order valence-electron chi connectivity index (χ0n) is 17.5. The highest BCUT2D eigenvalue weighted by molar-refractivity contribution is 6.30. The van der Waals surface area contributed by atoms with Gasteiger partial charge >= 0.3 is 0 Å². The first-order valence-electron chi connectivity index (χ1n) is 9.76. The van der Waals surface area contributed by atoms with Crippen LogP contribution in [0.3, 0.4) is 0 Å². The molecule has 0 saturated heterocycles. The number of carbonyl (C=O) groups excluding carboxylic acids is 1. The largest absolute Gasteiger partial charge is 0.493 e. The second-order valence-corrected chi connectivity index (χ2v) is 7.45. The number of hydrogen-bond acceptors (Lipinski definition) is 5. The predicted octanol–water partition coefficient (Wildman–Crippen LogP) is 4.37. The SMILES string of the molecule is COc1ccc(NC(=O)c2cc3cccnc3n(Cc3ccc(Cl)cc3)c2=O)cc1OC. The Balaban J connectivity index is 1.74. The number of rotatable bonds is 6. The summed E-state index contributed by atoms with van der Waals surface area (Å²) in [5, 5.41) is 4.05. The van der Waals surface area contributed by atoms with Gasteiger partial charge in [-0.15, -0.1) is 0 Å². The third-order valence-corrected chi connectivity index (χ3v) is 5.24. The number of halogens is 1. The summed E-state index contributed by atoms with van der Waals surface area (Å²) < 4.78 is 12.0. The summed E-state index contributed by atoms with van der Waals surface area (Å²) in [5.41, 5.74) is 1.40. The van der Waals surface area contributed by atoms with Crippen molar-refractivity contribution >= 4 is 34.2 Å². The van der Waals surface area contributed by atoms with Crippen LogP contribution in [0.15, 0.2) is 71.7 Å². The van der Waals surface area contributed by atoms with Crippen LogP contribution in [0.5, 0.6) is 11.5 Å². The van der Waals surface area contributed by atoms with Gasteiger partial charge in [-0.2, -0.15) is 0 Å². The lowest BCUT2D eigenvalue weighted by atomic mass is 10.1. The Kier molecular flexibility index (Phi) is 6.09. The zero-order valence-corrected chi connectivity index (χ0v) is 18.2. The van der Waals surface area contributed by atoms with Crippen molar-refractivity contribution in [2.75, 3.05) is 19.5 Å². The molecule has 4 rings (SSSR count). The van der Waals surface area contributed by atoms with Crippen molar-refractivity contribution in [2.45, 2.75) is 6.54 Å². The van der Waals surface area contributed by atoms with Gasteiger partial charge in [-0.3, -0.25) is 14.2 Å². The van der Waals surface area contributed by atoms with Crippen LogP contribution in [0.2, 0.25) is 5.02 Å². The molecule has 0 aliphatic carbocycles. The van der Waals surface area contributed by atoms with Crippen molar-refractivity contribution < 1.29 is 14.3 Å². The van der Waals surface area contributed by atoms with E-state index in [-0.39, 0.29) is 12.1 Å². The number of anilines is 1. The van der Waals surface area contributed by atoms with Crippen LogP contribution in [0, 0.1) is 0 Å². The van der Waals surface area contributed by atoms with Crippen molar-refractivity contribution in [2.24, 2.45) is 0 Å². The number of amides is 1. The monoisotopic (exact) mass is 449 g/mol. The molecule has 162 valence electrons. The van der Waals surface area contributed by atoms with E-state index >= 15 is 0 Å². The second-order valence-electron chi connectivity index (χ2n) is 7.02. The van der Waals surface area contributed by atoms with Crippen LogP contribution < -0.4 is 20.3 Å². The highest BCUT2D eigenvalue weighted by atomic mass is 35.5. The van der Waals surface area contributed by atoms with Crippen LogP contribution in [0.25, 0.3) is 11.0 Å². The minimum Gasteiger partial charge on any atom is -0.493 e. The van der Waals surface area contributed by atoms with Gasteiger partial charge in [0.25, 0.3) is 11.5 Å². The first-order valence-corrected chi connectivity index (χ1v) is 10.1. The zero-order chi connectivity index (χ0) is 22.7. The van der Waals surface area contributed by atoms with E-state index in [4.69, 9.17) is 21.1 Å². The van der Waals surface area contributed by atoms with E-state index in [1.54, 1.807) is 48.7 Å². The van der Waals surface area contributed by atoms with E-state index in [1.807, 2.05) is 18.2 Å². The molecule has 8 heteroatoms. The number of ether oxygens (including phenoxy) is 2. The predicted molar refractivity (Wildman–Crippen MR) is 124 cm³/mol. The number of aromatic nitrogens is 2. The number of pyridine rings is 2. The van der Waals surface area contributed by atoms with Crippen LogP contribution in [0.1, 0.15) is 15.9 Å². The molecule has 0 radical (unpaired) electrons. The summed E-state index contributed by atoms with van der Waals surface area (Å²) in [7, 11) is 3.04. The molecule has 0 bridgehead atoms. The molecule has 4 aromatic rings. The van der Waals surface area contributed by atoms with Gasteiger partial charge in [-0.1, -0.05) is 23.7 Å². The Bertz CT molecular complexity index is 1350. The molecule has 0 unspecified atom stereocenters. The fourth-order valence-corrected chi connectivity index (χ4v) is 3.53. The van der Waals surface area contributed by atoms with Crippen molar-refractivity contribution in [3.8, 4) is 11.5 Å². The molecule has 2 aromatic carbocycles. The first-order chi connectivity index (χ1) is 15.5. The molecule has 1 N–H and O–H groups in total. The highest BCUT2D eigenvalue weighted by Gasteiger charge is 2.17. The summed E-state index contributed by atoms with van der Waals surface area (Å²) >= 11 is 5.97. The average Bonchev–Trinajstić information content (AvgIpc) is 2.81. The van der Waals surface area contributed by atoms with Gasteiger partial charge in [0, 0.05) is 28.4 Å². The molecule has 0 spiro atoms. The number of benzene rings is 2. The maximum atomic E-state index is 13.3. The quantitative estimate of drug-likeness (QED) is 0.472. The summed E-state index contributed by atoms with van der Waals surface area (Å²) in [4.78, 5) is 30.7. The molecule has 0 aliphatic rings.